The van der Waals surface area contributed by atoms with Crippen LogP contribution in [0.25, 0.3) is 0 Å². The molecule has 21 heavy (non-hydrogen) atoms. The normalized spacial score (nSPS) is 11.8. The molecule has 2 amide bonds. The van der Waals surface area contributed by atoms with E-state index in [1.165, 1.54) is 7.11 Å². The number of anilines is 1. The fraction of sp³-hybridized carbons (Fsp3) is 0.267. The van der Waals surface area contributed by atoms with Crippen LogP contribution in [0.2, 0.25) is 5.02 Å². The van der Waals surface area contributed by atoms with Crippen LogP contribution in [0.3, 0.4) is 0 Å². The van der Waals surface area contributed by atoms with Gasteiger partial charge in [-0.25, -0.2) is 4.79 Å². The van der Waals surface area contributed by atoms with Crippen LogP contribution in [0, 0.1) is 6.92 Å². The van der Waals surface area contributed by atoms with E-state index in [4.69, 9.17) is 20.8 Å². The minimum atomic E-state index is -0.364. The third kappa shape index (κ3) is 3.92. The fourth-order valence-electron chi connectivity index (χ4n) is 1.89. The summed E-state index contributed by atoms with van der Waals surface area (Å²) in [4.78, 5) is 12.0. The summed E-state index contributed by atoms with van der Waals surface area (Å²) in [7, 11) is 1.53. The largest absolute Gasteiger partial charge is 0.495 e. The zero-order chi connectivity index (χ0) is 15.4. The summed E-state index contributed by atoms with van der Waals surface area (Å²) in [6.07, 6.45) is 0. The lowest BCUT2D eigenvalue weighted by atomic mass is 10.2. The summed E-state index contributed by atoms with van der Waals surface area (Å²) in [6.45, 7) is 3.69. The number of furan rings is 1. The smallest absolute Gasteiger partial charge is 0.319 e. The Bertz CT molecular complexity index is 640. The molecule has 1 heterocycles. The molecule has 1 unspecified atom stereocenters. The zero-order valence-corrected chi connectivity index (χ0v) is 12.8. The van der Waals surface area contributed by atoms with Crippen molar-refractivity contribution in [1.29, 1.82) is 0 Å². The van der Waals surface area contributed by atoms with E-state index in [-0.39, 0.29) is 12.1 Å². The van der Waals surface area contributed by atoms with E-state index >= 15 is 0 Å². The Hall–Kier alpha value is -2.14. The Kier molecular flexibility index (Phi) is 4.75. The quantitative estimate of drug-likeness (QED) is 0.892. The molecule has 112 valence electrons. The Labute approximate surface area is 128 Å². The molecule has 1 atom stereocenters. The van der Waals surface area contributed by atoms with Crippen LogP contribution >= 0.6 is 11.6 Å². The highest BCUT2D eigenvalue weighted by Gasteiger charge is 2.14. The number of urea groups is 1. The first kappa shape index (κ1) is 15.3. The minimum absolute atomic E-state index is 0.246. The topological polar surface area (TPSA) is 63.5 Å². The molecule has 1 aromatic heterocycles. The molecule has 1 aromatic carbocycles. The molecule has 0 saturated carbocycles. The summed E-state index contributed by atoms with van der Waals surface area (Å²) in [5, 5.41) is 6.01. The molecular formula is C15H17ClN2O3. The van der Waals surface area contributed by atoms with Gasteiger partial charge in [0.05, 0.1) is 18.8 Å². The van der Waals surface area contributed by atoms with Gasteiger partial charge >= 0.3 is 6.03 Å². The van der Waals surface area contributed by atoms with Gasteiger partial charge in [0, 0.05) is 5.02 Å². The third-order valence-corrected chi connectivity index (χ3v) is 3.18. The average Bonchev–Trinajstić information content (AvgIpc) is 2.85. The van der Waals surface area contributed by atoms with Crippen molar-refractivity contribution in [3.8, 4) is 5.75 Å². The molecule has 0 bridgehead atoms. The number of rotatable bonds is 4. The van der Waals surface area contributed by atoms with E-state index in [1.54, 1.807) is 18.2 Å². The first-order valence-corrected chi connectivity index (χ1v) is 6.85. The number of amides is 2. The zero-order valence-electron chi connectivity index (χ0n) is 12.1. The molecule has 0 saturated heterocycles. The summed E-state index contributed by atoms with van der Waals surface area (Å²) in [5.74, 6) is 2.03. The van der Waals surface area contributed by atoms with Crippen LogP contribution in [0.4, 0.5) is 10.5 Å². The first-order valence-electron chi connectivity index (χ1n) is 6.47. The standard InChI is InChI=1S/C15H17ClN2O3/c1-9-4-6-13(21-9)10(2)17-15(19)18-12-8-11(16)5-7-14(12)20-3/h4-8,10H,1-3H3,(H2,17,18,19). The molecule has 0 spiro atoms. The highest BCUT2D eigenvalue weighted by atomic mass is 35.5. The molecule has 0 fully saturated rings. The van der Waals surface area contributed by atoms with Gasteiger partial charge in [-0.05, 0) is 44.2 Å². The van der Waals surface area contributed by atoms with Gasteiger partial charge in [-0.15, -0.1) is 0 Å². The van der Waals surface area contributed by atoms with E-state index in [2.05, 4.69) is 10.6 Å². The van der Waals surface area contributed by atoms with Gasteiger partial charge in [0.15, 0.2) is 0 Å². The Morgan fingerprint density at radius 3 is 2.71 bits per heavy atom. The molecule has 2 aromatic rings. The SMILES string of the molecule is COc1ccc(Cl)cc1NC(=O)NC(C)c1ccc(C)o1. The summed E-state index contributed by atoms with van der Waals surface area (Å²) < 4.78 is 10.6. The van der Waals surface area contributed by atoms with Crippen molar-refractivity contribution in [2.24, 2.45) is 0 Å². The Balaban J connectivity index is 2.03. The number of carbonyl (C=O) groups is 1. The first-order chi connectivity index (χ1) is 9.99. The number of ether oxygens (including phenoxy) is 1. The van der Waals surface area contributed by atoms with Gasteiger partial charge < -0.3 is 19.8 Å². The summed E-state index contributed by atoms with van der Waals surface area (Å²) in [5.41, 5.74) is 0.505. The van der Waals surface area contributed by atoms with Crippen molar-refractivity contribution in [3.63, 3.8) is 0 Å². The maximum absolute atomic E-state index is 12.0. The predicted molar refractivity (Wildman–Crippen MR) is 82.0 cm³/mol. The van der Waals surface area contributed by atoms with E-state index in [0.717, 1.165) is 5.76 Å². The lowest BCUT2D eigenvalue weighted by Crippen LogP contribution is -2.31. The third-order valence-electron chi connectivity index (χ3n) is 2.95. The van der Waals surface area contributed by atoms with Crippen LogP contribution in [-0.4, -0.2) is 13.1 Å². The van der Waals surface area contributed by atoms with Gasteiger partial charge in [0.1, 0.15) is 17.3 Å². The van der Waals surface area contributed by atoms with Crippen molar-refractivity contribution in [1.82, 2.24) is 5.32 Å². The highest BCUT2D eigenvalue weighted by Crippen LogP contribution is 2.27. The number of hydrogen-bond acceptors (Lipinski definition) is 3. The Morgan fingerprint density at radius 1 is 1.33 bits per heavy atom. The average molecular weight is 309 g/mol. The van der Waals surface area contributed by atoms with Crippen LogP contribution in [0.5, 0.6) is 5.75 Å². The van der Waals surface area contributed by atoms with Crippen molar-refractivity contribution < 1.29 is 13.9 Å². The molecule has 0 aliphatic rings. The summed E-state index contributed by atoms with van der Waals surface area (Å²) in [6, 6.07) is 8.09. The Morgan fingerprint density at radius 2 is 2.10 bits per heavy atom. The molecule has 0 radical (unpaired) electrons. The molecule has 0 aliphatic heterocycles. The van der Waals surface area contributed by atoms with Crippen molar-refractivity contribution in [2.45, 2.75) is 19.9 Å². The summed E-state index contributed by atoms with van der Waals surface area (Å²) >= 11 is 5.92. The van der Waals surface area contributed by atoms with E-state index < -0.39 is 0 Å². The second-order valence-electron chi connectivity index (χ2n) is 4.61. The highest BCUT2D eigenvalue weighted by molar-refractivity contribution is 6.31. The lowest BCUT2D eigenvalue weighted by Gasteiger charge is -2.14. The number of halogens is 1. The monoisotopic (exact) mass is 308 g/mol. The number of benzene rings is 1. The minimum Gasteiger partial charge on any atom is -0.495 e. The number of aryl methyl sites for hydroxylation is 1. The van der Waals surface area contributed by atoms with Gasteiger partial charge in [-0.3, -0.25) is 0 Å². The van der Waals surface area contributed by atoms with Crippen molar-refractivity contribution >= 4 is 23.3 Å². The van der Waals surface area contributed by atoms with Crippen LogP contribution in [-0.2, 0) is 0 Å². The molecule has 2 N–H and O–H groups in total. The van der Waals surface area contributed by atoms with E-state index in [1.807, 2.05) is 26.0 Å². The number of carbonyl (C=O) groups excluding carboxylic acids is 1. The second kappa shape index (κ2) is 6.54. The molecule has 5 nitrogen and oxygen atoms in total. The van der Waals surface area contributed by atoms with Crippen molar-refractivity contribution in [2.75, 3.05) is 12.4 Å². The maximum atomic E-state index is 12.0. The molecular weight excluding hydrogens is 292 g/mol. The van der Waals surface area contributed by atoms with Gasteiger partial charge in [-0.1, -0.05) is 11.6 Å². The molecule has 6 heteroatoms. The number of nitrogens with one attached hydrogen (secondary N) is 2. The van der Waals surface area contributed by atoms with Crippen molar-refractivity contribution in [3.05, 3.63) is 46.9 Å². The fourth-order valence-corrected chi connectivity index (χ4v) is 2.06. The number of methoxy groups -OCH3 is 1. The lowest BCUT2D eigenvalue weighted by molar-refractivity contribution is 0.247. The predicted octanol–water partition coefficient (Wildman–Crippen LogP) is 4.13. The van der Waals surface area contributed by atoms with Crippen LogP contribution < -0.4 is 15.4 Å². The van der Waals surface area contributed by atoms with E-state index in [9.17, 15) is 4.79 Å². The van der Waals surface area contributed by atoms with Crippen LogP contribution in [0.1, 0.15) is 24.5 Å². The molecule has 0 aliphatic carbocycles. The second-order valence-corrected chi connectivity index (χ2v) is 5.05. The van der Waals surface area contributed by atoms with E-state index in [0.29, 0.717) is 22.2 Å². The number of hydrogen-bond donors (Lipinski definition) is 2. The van der Waals surface area contributed by atoms with Crippen LogP contribution in [0.15, 0.2) is 34.7 Å². The van der Waals surface area contributed by atoms with Gasteiger partial charge in [0.2, 0.25) is 0 Å². The van der Waals surface area contributed by atoms with Gasteiger partial charge in [-0.2, -0.15) is 0 Å². The van der Waals surface area contributed by atoms with Gasteiger partial charge in [0.25, 0.3) is 0 Å². The molecule has 2 rings (SSSR count). The maximum Gasteiger partial charge on any atom is 0.319 e.